The molecule has 5 nitrogen and oxygen atoms in total. The summed E-state index contributed by atoms with van der Waals surface area (Å²) in [5.74, 6) is 0.636. The van der Waals surface area contributed by atoms with Gasteiger partial charge in [-0.2, -0.15) is 0 Å². The molecule has 1 aromatic rings. The summed E-state index contributed by atoms with van der Waals surface area (Å²) in [4.78, 5) is 11.9. The van der Waals surface area contributed by atoms with Crippen LogP contribution in [0.1, 0.15) is 30.4 Å². The molecule has 1 unspecified atom stereocenters. The van der Waals surface area contributed by atoms with E-state index in [4.69, 9.17) is 0 Å². The Morgan fingerprint density at radius 3 is 2.68 bits per heavy atom. The third-order valence-electron chi connectivity index (χ3n) is 3.95. The second-order valence-corrected chi connectivity index (χ2v) is 8.15. The molecule has 0 radical (unpaired) electrons. The van der Waals surface area contributed by atoms with Crippen molar-refractivity contribution in [2.75, 3.05) is 19.3 Å². The monoisotopic (exact) mass is 324 g/mol. The fourth-order valence-electron chi connectivity index (χ4n) is 2.73. The summed E-state index contributed by atoms with van der Waals surface area (Å²) in [6.07, 6.45) is 3.80. The van der Waals surface area contributed by atoms with E-state index in [1.54, 1.807) is 6.07 Å². The van der Waals surface area contributed by atoms with Crippen LogP contribution < -0.4 is 10.6 Å². The molecule has 1 aromatic carbocycles. The van der Waals surface area contributed by atoms with Crippen LogP contribution in [0.5, 0.6) is 0 Å². The summed E-state index contributed by atoms with van der Waals surface area (Å²) in [6.45, 7) is 2.43. The minimum absolute atomic E-state index is 0.00673. The molecule has 2 rings (SSSR count). The van der Waals surface area contributed by atoms with Gasteiger partial charge in [0.1, 0.15) is 0 Å². The van der Waals surface area contributed by atoms with Crippen LogP contribution in [0.15, 0.2) is 24.3 Å². The Morgan fingerprint density at radius 1 is 1.32 bits per heavy atom. The lowest BCUT2D eigenvalue weighted by atomic mass is 10.0. The van der Waals surface area contributed by atoms with Gasteiger partial charge in [-0.15, -0.1) is 0 Å². The van der Waals surface area contributed by atoms with Gasteiger partial charge < -0.3 is 10.6 Å². The van der Waals surface area contributed by atoms with Gasteiger partial charge in [-0.25, -0.2) is 8.42 Å². The highest BCUT2D eigenvalue weighted by Gasteiger charge is 2.16. The van der Waals surface area contributed by atoms with Gasteiger partial charge in [0.2, 0.25) is 5.91 Å². The Balaban J connectivity index is 1.84. The maximum Gasteiger partial charge on any atom is 0.220 e. The molecule has 1 aliphatic heterocycles. The lowest BCUT2D eigenvalue weighted by Gasteiger charge is -2.11. The molecule has 1 heterocycles. The fourth-order valence-corrected chi connectivity index (χ4v) is 3.58. The SMILES string of the molecule is CS(=O)(=O)Cc1ccccc1CNC(=O)CCC1CCNC1. The maximum atomic E-state index is 11.9. The molecule has 6 heteroatoms. The molecule has 2 N–H and O–H groups in total. The molecule has 0 aromatic heterocycles. The number of hydrogen-bond donors (Lipinski definition) is 2. The molecule has 0 aliphatic carbocycles. The first kappa shape index (κ1) is 17.0. The lowest BCUT2D eigenvalue weighted by Crippen LogP contribution is -2.24. The topological polar surface area (TPSA) is 75.3 Å². The minimum atomic E-state index is -3.08. The maximum absolute atomic E-state index is 11.9. The average molecular weight is 324 g/mol. The third-order valence-corrected chi connectivity index (χ3v) is 4.79. The quantitative estimate of drug-likeness (QED) is 0.791. The van der Waals surface area contributed by atoms with Crippen molar-refractivity contribution in [2.24, 2.45) is 5.92 Å². The van der Waals surface area contributed by atoms with Gasteiger partial charge in [-0.3, -0.25) is 4.79 Å². The van der Waals surface area contributed by atoms with Crippen LogP contribution in [0.4, 0.5) is 0 Å². The molecular weight excluding hydrogens is 300 g/mol. The van der Waals surface area contributed by atoms with E-state index in [-0.39, 0.29) is 11.7 Å². The van der Waals surface area contributed by atoms with Crippen molar-refractivity contribution in [1.82, 2.24) is 10.6 Å². The van der Waals surface area contributed by atoms with Crippen LogP contribution in [0.2, 0.25) is 0 Å². The first-order chi connectivity index (χ1) is 10.4. The Kier molecular flexibility index (Phi) is 5.97. The number of carbonyl (C=O) groups is 1. The molecule has 1 fully saturated rings. The van der Waals surface area contributed by atoms with Gasteiger partial charge in [0.05, 0.1) is 5.75 Å². The van der Waals surface area contributed by atoms with E-state index in [2.05, 4.69) is 10.6 Å². The number of benzene rings is 1. The minimum Gasteiger partial charge on any atom is -0.352 e. The molecule has 1 amide bonds. The summed E-state index contributed by atoms with van der Waals surface area (Å²) < 4.78 is 22.9. The Hall–Kier alpha value is -1.40. The second kappa shape index (κ2) is 7.74. The zero-order valence-corrected chi connectivity index (χ0v) is 13.8. The Bertz CT molecular complexity index is 608. The van der Waals surface area contributed by atoms with Gasteiger partial charge in [0, 0.05) is 19.2 Å². The predicted octanol–water partition coefficient (Wildman–Crippen LogP) is 1.24. The summed E-state index contributed by atoms with van der Waals surface area (Å²) in [6, 6.07) is 7.34. The van der Waals surface area contributed by atoms with Crippen molar-refractivity contribution in [3.05, 3.63) is 35.4 Å². The van der Waals surface area contributed by atoms with Crippen LogP contribution >= 0.6 is 0 Å². The standard InChI is InChI=1S/C16H24N2O3S/c1-22(20,21)12-15-5-3-2-4-14(15)11-18-16(19)7-6-13-8-9-17-10-13/h2-5,13,17H,6-12H2,1H3,(H,18,19). The van der Waals surface area contributed by atoms with E-state index in [9.17, 15) is 13.2 Å². The van der Waals surface area contributed by atoms with Crippen molar-refractivity contribution in [3.8, 4) is 0 Å². The summed E-state index contributed by atoms with van der Waals surface area (Å²) in [7, 11) is -3.08. The smallest absolute Gasteiger partial charge is 0.220 e. The van der Waals surface area contributed by atoms with Gasteiger partial charge >= 0.3 is 0 Å². The van der Waals surface area contributed by atoms with E-state index in [1.165, 1.54) is 6.26 Å². The zero-order valence-electron chi connectivity index (χ0n) is 13.0. The average Bonchev–Trinajstić information content (AvgIpc) is 2.96. The number of sulfone groups is 1. The van der Waals surface area contributed by atoms with Crippen molar-refractivity contribution in [1.29, 1.82) is 0 Å². The Morgan fingerprint density at radius 2 is 2.05 bits per heavy atom. The van der Waals surface area contributed by atoms with Crippen LogP contribution in [-0.4, -0.2) is 33.7 Å². The van der Waals surface area contributed by atoms with Gasteiger partial charge in [0.15, 0.2) is 9.84 Å². The van der Waals surface area contributed by atoms with E-state index in [0.29, 0.717) is 18.9 Å². The van der Waals surface area contributed by atoms with Crippen molar-refractivity contribution in [3.63, 3.8) is 0 Å². The molecule has 0 bridgehead atoms. The van der Waals surface area contributed by atoms with Crippen molar-refractivity contribution < 1.29 is 13.2 Å². The number of rotatable bonds is 7. The molecule has 22 heavy (non-hydrogen) atoms. The van der Waals surface area contributed by atoms with Crippen LogP contribution in [0, 0.1) is 5.92 Å². The first-order valence-corrected chi connectivity index (χ1v) is 9.72. The molecule has 0 saturated carbocycles. The summed E-state index contributed by atoms with van der Waals surface area (Å²) >= 11 is 0. The molecule has 1 atom stereocenters. The van der Waals surface area contributed by atoms with Gasteiger partial charge in [-0.05, 0) is 43.0 Å². The second-order valence-electron chi connectivity index (χ2n) is 6.01. The normalized spacial score (nSPS) is 18.3. The van der Waals surface area contributed by atoms with Gasteiger partial charge in [0.25, 0.3) is 0 Å². The molecule has 122 valence electrons. The molecular formula is C16H24N2O3S. The molecule has 1 aliphatic rings. The van der Waals surface area contributed by atoms with Crippen LogP contribution in [0.25, 0.3) is 0 Å². The highest BCUT2D eigenvalue weighted by molar-refractivity contribution is 7.89. The predicted molar refractivity (Wildman–Crippen MR) is 87.0 cm³/mol. The third kappa shape index (κ3) is 5.77. The number of nitrogens with one attached hydrogen (secondary N) is 2. The number of hydrogen-bond acceptors (Lipinski definition) is 4. The molecule has 0 spiro atoms. The van der Waals surface area contributed by atoms with Gasteiger partial charge in [-0.1, -0.05) is 24.3 Å². The van der Waals surface area contributed by atoms with Crippen LogP contribution in [-0.2, 0) is 26.9 Å². The highest BCUT2D eigenvalue weighted by Crippen LogP contribution is 2.15. The van der Waals surface area contributed by atoms with E-state index >= 15 is 0 Å². The lowest BCUT2D eigenvalue weighted by molar-refractivity contribution is -0.121. The van der Waals surface area contributed by atoms with Crippen LogP contribution in [0.3, 0.4) is 0 Å². The molecule has 1 saturated heterocycles. The number of amides is 1. The van der Waals surface area contributed by atoms with Crippen molar-refractivity contribution >= 4 is 15.7 Å². The van der Waals surface area contributed by atoms with Crippen molar-refractivity contribution in [2.45, 2.75) is 31.6 Å². The largest absolute Gasteiger partial charge is 0.352 e. The fraction of sp³-hybridized carbons (Fsp3) is 0.562. The summed E-state index contributed by atoms with van der Waals surface area (Å²) in [5.41, 5.74) is 1.62. The first-order valence-electron chi connectivity index (χ1n) is 7.66. The van der Waals surface area contributed by atoms with E-state index in [0.717, 1.165) is 37.1 Å². The Labute approximate surface area is 132 Å². The zero-order chi connectivity index (χ0) is 16.0. The number of carbonyl (C=O) groups excluding carboxylic acids is 1. The van der Waals surface area contributed by atoms with E-state index in [1.807, 2.05) is 18.2 Å². The highest BCUT2D eigenvalue weighted by atomic mass is 32.2. The summed E-state index contributed by atoms with van der Waals surface area (Å²) in [5, 5.41) is 6.19. The van der Waals surface area contributed by atoms with E-state index < -0.39 is 9.84 Å².